The van der Waals surface area contributed by atoms with E-state index in [1.165, 1.54) is 5.17 Å². The third kappa shape index (κ3) is 2.11. The first-order chi connectivity index (χ1) is 10.3. The van der Waals surface area contributed by atoms with E-state index in [1.54, 1.807) is 11.3 Å². The summed E-state index contributed by atoms with van der Waals surface area (Å²) in [7, 11) is 0. The maximum absolute atomic E-state index is 11.3. The van der Waals surface area contributed by atoms with E-state index < -0.39 is 5.72 Å². The molecule has 0 radical (unpaired) electrons. The number of para-hydroxylation sites is 1. The lowest BCUT2D eigenvalue weighted by Crippen LogP contribution is -2.40. The Kier molecular flexibility index (Phi) is 3.28. The molecule has 0 amide bonds. The summed E-state index contributed by atoms with van der Waals surface area (Å²) >= 11 is 3.48. The fourth-order valence-corrected chi connectivity index (χ4v) is 5.03. The second-order valence-corrected chi connectivity index (χ2v) is 7.36. The molecule has 0 saturated heterocycles. The minimum Gasteiger partial charge on any atom is -0.346 e. The minimum absolute atomic E-state index is 0.597. The van der Waals surface area contributed by atoms with Gasteiger partial charge in [0, 0.05) is 5.75 Å². The Morgan fingerprint density at radius 2 is 2.00 bits per heavy atom. The van der Waals surface area contributed by atoms with Gasteiger partial charge in [0.1, 0.15) is 5.69 Å². The topological polar surface area (TPSA) is 26.5 Å². The first-order valence-electron chi connectivity index (χ1n) is 7.15. The third-order valence-electron chi connectivity index (χ3n) is 4.03. The number of hydrogen-bond donors (Lipinski definition) is 1. The largest absolute Gasteiger partial charge is 0.346 e. The molecule has 4 rings (SSSR count). The number of thiophene rings is 1. The van der Waals surface area contributed by atoms with E-state index in [9.17, 15) is 5.11 Å². The fraction of sp³-hybridized carbons (Fsp3) is 0.312. The van der Waals surface area contributed by atoms with Crippen molar-refractivity contribution >= 4 is 34.0 Å². The first-order valence-corrected chi connectivity index (χ1v) is 9.02. The van der Waals surface area contributed by atoms with Crippen molar-refractivity contribution in [2.24, 2.45) is 0 Å². The van der Waals surface area contributed by atoms with Gasteiger partial charge in [0.25, 0.3) is 5.72 Å². The smallest absolute Gasteiger partial charge is 0.316 e. The van der Waals surface area contributed by atoms with Crippen molar-refractivity contribution in [3.63, 3.8) is 0 Å². The van der Waals surface area contributed by atoms with Gasteiger partial charge in [-0.15, -0.1) is 11.3 Å². The van der Waals surface area contributed by atoms with E-state index in [2.05, 4.69) is 33.7 Å². The van der Waals surface area contributed by atoms with E-state index in [1.807, 2.05) is 35.3 Å². The van der Waals surface area contributed by atoms with Gasteiger partial charge in [0.2, 0.25) is 0 Å². The molecular weight excluding hydrogens is 300 g/mol. The normalized spacial score (nSPS) is 25.3. The van der Waals surface area contributed by atoms with Crippen molar-refractivity contribution in [2.75, 3.05) is 23.7 Å². The van der Waals surface area contributed by atoms with Crippen LogP contribution in [0.25, 0.3) is 0 Å². The Morgan fingerprint density at radius 3 is 2.76 bits per heavy atom. The van der Waals surface area contributed by atoms with E-state index >= 15 is 0 Å². The molecule has 1 atom stereocenters. The molecule has 2 aromatic rings. The van der Waals surface area contributed by atoms with Crippen LogP contribution in [0.5, 0.6) is 0 Å². The van der Waals surface area contributed by atoms with E-state index in [4.69, 9.17) is 0 Å². The molecule has 0 spiro atoms. The number of anilines is 1. The van der Waals surface area contributed by atoms with E-state index in [0.29, 0.717) is 6.54 Å². The number of benzene rings is 1. The Bertz CT molecular complexity index is 669. The molecule has 1 aromatic heterocycles. The van der Waals surface area contributed by atoms with Crippen LogP contribution in [0, 0.1) is 0 Å². The minimum atomic E-state index is -0.896. The van der Waals surface area contributed by atoms with E-state index in [0.717, 1.165) is 29.3 Å². The third-order valence-corrected chi connectivity index (χ3v) is 6.23. The average molecular weight is 317 g/mol. The standard InChI is InChI=1S/C16H17N2OS2/c19-16(14-8-4-10-20-14)12-17(13-6-2-1-3-7-13)15-18(16)9-5-11-21-15/h1-4,6-8,10,19H,5,9,11-12H2/q+1/t16-/m0/s1. The lowest BCUT2D eigenvalue weighted by Gasteiger charge is -2.22. The molecule has 3 nitrogen and oxygen atoms in total. The predicted octanol–water partition coefficient (Wildman–Crippen LogP) is 2.92. The Hall–Kier alpha value is -1.30. The molecule has 0 unspecified atom stereocenters. The highest BCUT2D eigenvalue weighted by atomic mass is 32.2. The van der Waals surface area contributed by atoms with Gasteiger partial charge in [-0.25, -0.2) is 9.48 Å². The molecule has 0 saturated carbocycles. The molecule has 21 heavy (non-hydrogen) atoms. The van der Waals surface area contributed by atoms with Crippen molar-refractivity contribution in [2.45, 2.75) is 12.1 Å². The number of nitrogens with zero attached hydrogens (tertiary/aromatic N) is 2. The van der Waals surface area contributed by atoms with Gasteiger partial charge in [0.05, 0.1) is 11.4 Å². The number of β-amino-alcohol motifs (C(OH)–C–C–N with tert-alkyl or cyclic N) is 1. The summed E-state index contributed by atoms with van der Waals surface area (Å²) < 4.78 is 2.18. The summed E-state index contributed by atoms with van der Waals surface area (Å²) in [5, 5.41) is 14.6. The van der Waals surface area contributed by atoms with Gasteiger partial charge >= 0.3 is 5.17 Å². The highest BCUT2D eigenvalue weighted by molar-refractivity contribution is 8.13. The number of hydrogen-bond acceptors (Lipinski definition) is 4. The lowest BCUT2D eigenvalue weighted by atomic mass is 10.1. The molecule has 2 aliphatic heterocycles. The summed E-state index contributed by atoms with van der Waals surface area (Å²) in [6.07, 6.45) is 1.12. The SMILES string of the molecule is O[C@]1(c2cccs2)CN(c2ccccc2)C2=[N+]1CCCS2. The second-order valence-electron chi connectivity index (χ2n) is 5.35. The van der Waals surface area contributed by atoms with Gasteiger partial charge < -0.3 is 5.11 Å². The zero-order valence-electron chi connectivity index (χ0n) is 11.6. The lowest BCUT2D eigenvalue weighted by molar-refractivity contribution is -0.655. The van der Waals surface area contributed by atoms with Crippen molar-refractivity contribution in [3.05, 3.63) is 52.7 Å². The Balaban J connectivity index is 1.81. The van der Waals surface area contributed by atoms with Crippen LogP contribution in [0.4, 0.5) is 5.69 Å². The average Bonchev–Trinajstić information content (AvgIpc) is 3.17. The summed E-state index contributed by atoms with van der Waals surface area (Å²) in [4.78, 5) is 3.28. The molecule has 1 N–H and O–H groups in total. The molecule has 3 heterocycles. The van der Waals surface area contributed by atoms with Crippen molar-refractivity contribution in [3.8, 4) is 0 Å². The Labute approximate surface area is 132 Å². The number of thioether (sulfide) groups is 1. The molecule has 5 heteroatoms. The summed E-state index contributed by atoms with van der Waals surface area (Å²) in [6.45, 7) is 1.51. The van der Waals surface area contributed by atoms with Gasteiger partial charge in [0.15, 0.2) is 6.54 Å². The van der Waals surface area contributed by atoms with E-state index in [-0.39, 0.29) is 0 Å². The monoisotopic (exact) mass is 317 g/mol. The Morgan fingerprint density at radius 1 is 1.14 bits per heavy atom. The van der Waals surface area contributed by atoms with Gasteiger partial charge in [-0.3, -0.25) is 0 Å². The molecule has 1 aromatic carbocycles. The maximum atomic E-state index is 11.3. The molecule has 0 aliphatic carbocycles. The van der Waals surface area contributed by atoms with Gasteiger partial charge in [-0.1, -0.05) is 24.3 Å². The number of rotatable bonds is 2. The zero-order valence-corrected chi connectivity index (χ0v) is 13.2. The highest BCUT2D eigenvalue weighted by Gasteiger charge is 2.53. The quantitative estimate of drug-likeness (QED) is 0.863. The van der Waals surface area contributed by atoms with Crippen molar-refractivity contribution in [1.82, 2.24) is 0 Å². The molecule has 108 valence electrons. The first kappa shape index (κ1) is 13.4. The van der Waals surface area contributed by atoms with Crippen LogP contribution in [0.15, 0.2) is 47.8 Å². The van der Waals surface area contributed by atoms with Crippen LogP contribution in [-0.2, 0) is 5.72 Å². The fourth-order valence-electron chi connectivity index (χ4n) is 3.03. The molecule has 2 aliphatic rings. The van der Waals surface area contributed by atoms with Crippen LogP contribution in [-0.4, -0.2) is 33.7 Å². The summed E-state index contributed by atoms with van der Waals surface area (Å²) in [6, 6.07) is 14.4. The second kappa shape index (κ2) is 5.16. The number of amidine groups is 1. The summed E-state index contributed by atoms with van der Waals surface area (Å²) in [5.74, 6) is 1.12. The van der Waals surface area contributed by atoms with Gasteiger partial charge in [-0.2, -0.15) is 0 Å². The maximum Gasteiger partial charge on any atom is 0.316 e. The van der Waals surface area contributed by atoms with Crippen LogP contribution in [0.3, 0.4) is 0 Å². The predicted molar refractivity (Wildman–Crippen MR) is 89.2 cm³/mol. The molecule has 0 bridgehead atoms. The number of aliphatic hydroxyl groups is 1. The van der Waals surface area contributed by atoms with Crippen molar-refractivity contribution < 1.29 is 9.68 Å². The zero-order chi connectivity index (χ0) is 14.3. The van der Waals surface area contributed by atoms with Crippen LogP contribution >= 0.6 is 23.1 Å². The van der Waals surface area contributed by atoms with Gasteiger partial charge in [-0.05, 0) is 41.8 Å². The van der Waals surface area contributed by atoms with Crippen LogP contribution < -0.4 is 4.90 Å². The molecular formula is C16H17N2OS2+. The van der Waals surface area contributed by atoms with Crippen molar-refractivity contribution in [1.29, 1.82) is 0 Å². The summed E-state index contributed by atoms with van der Waals surface area (Å²) in [5.41, 5.74) is 0.256. The van der Waals surface area contributed by atoms with Crippen LogP contribution in [0.1, 0.15) is 11.3 Å². The highest BCUT2D eigenvalue weighted by Crippen LogP contribution is 2.38. The molecule has 0 fully saturated rings. The van der Waals surface area contributed by atoms with Crippen LogP contribution in [0.2, 0.25) is 0 Å².